The molecule has 2 fully saturated rings. The van der Waals surface area contributed by atoms with E-state index in [2.05, 4.69) is 10.1 Å². The van der Waals surface area contributed by atoms with Crippen LogP contribution in [-0.4, -0.2) is 35.6 Å². The fourth-order valence-corrected chi connectivity index (χ4v) is 4.19. The number of carbonyl (C=O) groups is 1. The Morgan fingerprint density at radius 1 is 1.07 bits per heavy atom. The molecule has 1 saturated carbocycles. The summed E-state index contributed by atoms with van der Waals surface area (Å²) in [7, 11) is 0. The third-order valence-electron chi connectivity index (χ3n) is 6.00. The first-order valence-corrected chi connectivity index (χ1v) is 10.9. The van der Waals surface area contributed by atoms with E-state index in [4.69, 9.17) is 8.94 Å². The minimum Gasteiger partial charge on any atom is -0.459 e. The van der Waals surface area contributed by atoms with E-state index >= 15 is 0 Å². The van der Waals surface area contributed by atoms with Gasteiger partial charge in [-0.05, 0) is 50.2 Å². The summed E-state index contributed by atoms with van der Waals surface area (Å²) in [6, 6.07) is 13.6. The molecule has 0 unspecified atom stereocenters. The number of rotatable bonds is 7. The van der Waals surface area contributed by atoms with Gasteiger partial charge in [0.05, 0.1) is 18.4 Å². The molecule has 0 radical (unpaired) electrons. The number of piperidine rings is 1. The van der Waals surface area contributed by atoms with Crippen molar-refractivity contribution < 1.29 is 13.7 Å². The summed E-state index contributed by atoms with van der Waals surface area (Å²) in [6.45, 7) is 3.13. The third-order valence-corrected chi connectivity index (χ3v) is 6.00. The summed E-state index contributed by atoms with van der Waals surface area (Å²) in [4.78, 5) is 17.4. The first-order valence-electron chi connectivity index (χ1n) is 10.9. The zero-order valence-electron chi connectivity index (χ0n) is 17.1. The summed E-state index contributed by atoms with van der Waals surface area (Å²) in [6.07, 6.45) is 7.45. The molecule has 6 heteroatoms. The van der Waals surface area contributed by atoms with E-state index in [1.807, 2.05) is 35.2 Å². The van der Waals surface area contributed by atoms with Crippen molar-refractivity contribution in [1.82, 2.24) is 10.1 Å². The highest BCUT2D eigenvalue weighted by molar-refractivity contribution is 5.91. The summed E-state index contributed by atoms with van der Waals surface area (Å²) in [5.41, 5.74) is 2.82. The number of benzene rings is 1. The van der Waals surface area contributed by atoms with E-state index in [9.17, 15) is 4.79 Å². The molecule has 2 aromatic heterocycles. The Bertz CT molecular complexity index is 971. The Hall–Kier alpha value is -3.02. The van der Waals surface area contributed by atoms with Crippen LogP contribution in [0.5, 0.6) is 0 Å². The molecule has 1 amide bonds. The van der Waals surface area contributed by atoms with E-state index in [0.29, 0.717) is 18.2 Å². The van der Waals surface area contributed by atoms with Gasteiger partial charge in [0.15, 0.2) is 5.76 Å². The minimum atomic E-state index is -0.0725. The Kier molecular flexibility index (Phi) is 5.30. The number of amides is 1. The lowest BCUT2D eigenvalue weighted by atomic mass is 10.1. The smallest absolute Gasteiger partial charge is 0.289 e. The van der Waals surface area contributed by atoms with Crippen LogP contribution in [0.1, 0.15) is 48.2 Å². The highest BCUT2D eigenvalue weighted by Crippen LogP contribution is 2.36. The summed E-state index contributed by atoms with van der Waals surface area (Å²) in [5.74, 6) is 1.69. The maximum absolute atomic E-state index is 13.2. The van der Waals surface area contributed by atoms with Crippen LogP contribution in [0.15, 0.2) is 57.7 Å². The van der Waals surface area contributed by atoms with E-state index in [-0.39, 0.29) is 5.91 Å². The zero-order chi connectivity index (χ0) is 20.3. The highest BCUT2D eigenvalue weighted by atomic mass is 16.5. The molecule has 0 atom stereocenters. The lowest BCUT2D eigenvalue weighted by Crippen LogP contribution is -2.34. The predicted octanol–water partition coefficient (Wildman–Crippen LogP) is 4.98. The van der Waals surface area contributed by atoms with Gasteiger partial charge in [-0.1, -0.05) is 35.5 Å². The Balaban J connectivity index is 1.51. The number of anilines is 1. The molecule has 1 aliphatic heterocycles. The zero-order valence-corrected chi connectivity index (χ0v) is 17.1. The minimum absolute atomic E-state index is 0.0725. The maximum Gasteiger partial charge on any atom is 0.289 e. The van der Waals surface area contributed by atoms with Gasteiger partial charge < -0.3 is 18.7 Å². The first-order chi connectivity index (χ1) is 14.8. The van der Waals surface area contributed by atoms with E-state index in [1.54, 1.807) is 18.4 Å². The van der Waals surface area contributed by atoms with Gasteiger partial charge in [-0.15, -0.1) is 0 Å². The van der Waals surface area contributed by atoms with E-state index in [1.165, 1.54) is 19.3 Å². The second kappa shape index (κ2) is 8.38. The van der Waals surface area contributed by atoms with E-state index < -0.39 is 0 Å². The molecule has 1 saturated heterocycles. The van der Waals surface area contributed by atoms with Crippen molar-refractivity contribution >= 4 is 11.8 Å². The topological polar surface area (TPSA) is 62.7 Å². The normalized spacial score (nSPS) is 16.6. The molecule has 0 spiro atoms. The van der Waals surface area contributed by atoms with Gasteiger partial charge in [0.2, 0.25) is 5.88 Å². The van der Waals surface area contributed by atoms with Crippen LogP contribution < -0.4 is 4.90 Å². The largest absolute Gasteiger partial charge is 0.459 e. The Morgan fingerprint density at radius 2 is 1.87 bits per heavy atom. The van der Waals surface area contributed by atoms with E-state index in [0.717, 1.165) is 55.2 Å². The fraction of sp³-hybridized carbons (Fsp3) is 0.417. The van der Waals surface area contributed by atoms with Gasteiger partial charge in [0, 0.05) is 25.2 Å². The van der Waals surface area contributed by atoms with Crippen molar-refractivity contribution in [3.63, 3.8) is 0 Å². The lowest BCUT2D eigenvalue weighted by Gasteiger charge is -2.28. The molecule has 156 valence electrons. The van der Waals surface area contributed by atoms with Crippen LogP contribution in [0.3, 0.4) is 0 Å². The number of aromatic nitrogens is 1. The number of furan rings is 1. The third kappa shape index (κ3) is 3.99. The molecule has 2 aliphatic rings. The molecule has 6 nitrogen and oxygen atoms in total. The van der Waals surface area contributed by atoms with Gasteiger partial charge in [0.25, 0.3) is 5.91 Å². The Labute approximate surface area is 176 Å². The van der Waals surface area contributed by atoms with Crippen molar-refractivity contribution in [3.8, 4) is 11.3 Å². The standard InChI is InChI=1S/C24H27N3O3/c28-23(21-10-7-15-29-21)27(16-18-11-12-18)17-20-22(19-8-3-1-4-9-19)25-30-24(20)26-13-5-2-6-14-26/h1,3-4,7-10,15,18H,2,5-6,11-14,16-17H2. The van der Waals surface area contributed by atoms with Crippen LogP contribution in [0.25, 0.3) is 11.3 Å². The quantitative estimate of drug-likeness (QED) is 0.555. The number of carbonyl (C=O) groups excluding carboxylic acids is 1. The van der Waals surface area contributed by atoms with Crippen molar-refractivity contribution in [2.45, 2.75) is 38.6 Å². The lowest BCUT2D eigenvalue weighted by molar-refractivity contribution is 0.0703. The number of nitrogens with zero attached hydrogens (tertiary/aromatic N) is 3. The van der Waals surface area contributed by atoms with Crippen molar-refractivity contribution in [3.05, 3.63) is 60.1 Å². The van der Waals surface area contributed by atoms with Crippen LogP contribution in [0.2, 0.25) is 0 Å². The van der Waals surface area contributed by atoms with Crippen molar-refractivity contribution in [2.24, 2.45) is 5.92 Å². The monoisotopic (exact) mass is 405 g/mol. The van der Waals surface area contributed by atoms with Crippen LogP contribution >= 0.6 is 0 Å². The Morgan fingerprint density at radius 3 is 2.57 bits per heavy atom. The van der Waals surface area contributed by atoms with Crippen LogP contribution in [0, 0.1) is 5.92 Å². The molecular formula is C24H27N3O3. The molecule has 1 aliphatic carbocycles. The van der Waals surface area contributed by atoms with Crippen LogP contribution in [-0.2, 0) is 6.54 Å². The summed E-state index contributed by atoms with van der Waals surface area (Å²) >= 11 is 0. The summed E-state index contributed by atoms with van der Waals surface area (Å²) in [5, 5.41) is 4.45. The molecule has 3 aromatic rings. The van der Waals surface area contributed by atoms with Crippen LogP contribution in [0.4, 0.5) is 5.88 Å². The molecule has 3 heterocycles. The number of hydrogen-bond acceptors (Lipinski definition) is 5. The maximum atomic E-state index is 13.2. The number of hydrogen-bond donors (Lipinski definition) is 0. The summed E-state index contributed by atoms with van der Waals surface area (Å²) < 4.78 is 11.3. The molecular weight excluding hydrogens is 378 g/mol. The second-order valence-electron chi connectivity index (χ2n) is 8.33. The predicted molar refractivity (Wildman–Crippen MR) is 114 cm³/mol. The second-order valence-corrected chi connectivity index (χ2v) is 8.33. The van der Waals surface area contributed by atoms with Crippen molar-refractivity contribution in [1.29, 1.82) is 0 Å². The van der Waals surface area contributed by atoms with Crippen molar-refractivity contribution in [2.75, 3.05) is 24.5 Å². The van der Waals surface area contributed by atoms with Gasteiger partial charge in [-0.2, -0.15) is 0 Å². The van der Waals surface area contributed by atoms with Gasteiger partial charge in [0.1, 0.15) is 5.69 Å². The van der Waals surface area contributed by atoms with Gasteiger partial charge in [-0.25, -0.2) is 0 Å². The molecule has 5 rings (SSSR count). The average Bonchev–Trinajstić information content (AvgIpc) is 3.27. The van der Waals surface area contributed by atoms with Gasteiger partial charge in [-0.3, -0.25) is 4.79 Å². The average molecular weight is 405 g/mol. The van der Waals surface area contributed by atoms with Gasteiger partial charge >= 0.3 is 0 Å². The fourth-order valence-electron chi connectivity index (χ4n) is 4.19. The molecule has 1 aromatic carbocycles. The molecule has 0 N–H and O–H groups in total. The molecule has 30 heavy (non-hydrogen) atoms. The highest BCUT2D eigenvalue weighted by Gasteiger charge is 2.32. The SMILES string of the molecule is O=C(c1ccco1)N(Cc1c(-c2ccccc2)noc1N1CCCCC1)CC1CC1. The molecule has 0 bridgehead atoms. The first kappa shape index (κ1) is 19.0.